The molecule has 25 heavy (non-hydrogen) atoms. The van der Waals surface area contributed by atoms with Crippen molar-refractivity contribution in [2.45, 2.75) is 13.0 Å². The molecule has 5 heteroatoms. The predicted molar refractivity (Wildman–Crippen MR) is 102 cm³/mol. The van der Waals surface area contributed by atoms with Gasteiger partial charge in [0, 0.05) is 4.47 Å². The quantitative estimate of drug-likeness (QED) is 0.685. The van der Waals surface area contributed by atoms with Crippen LogP contribution in [0.5, 0.6) is 5.75 Å². The van der Waals surface area contributed by atoms with E-state index in [1.165, 1.54) is 0 Å². The molecular weight excluding hydrogens is 380 g/mol. The second kappa shape index (κ2) is 7.37. The van der Waals surface area contributed by atoms with E-state index >= 15 is 0 Å². The Morgan fingerprint density at radius 1 is 1.12 bits per heavy atom. The molecule has 1 N–H and O–H groups in total. The smallest absolute Gasteiger partial charge is 0.265 e. The first-order chi connectivity index (χ1) is 12.1. The maximum Gasteiger partial charge on any atom is 0.265 e. The van der Waals surface area contributed by atoms with Crippen LogP contribution in [-0.4, -0.2) is 12.0 Å². The second-order valence-corrected chi connectivity index (χ2v) is 6.48. The SMILES string of the molecule is C[C@@H](Oc1ccc2cc(Br)ccc2c1)C(=O)Nc1ccccc1C#N. The summed E-state index contributed by atoms with van der Waals surface area (Å²) >= 11 is 3.45. The Labute approximate surface area is 154 Å². The van der Waals surface area contributed by atoms with E-state index in [2.05, 4.69) is 27.3 Å². The summed E-state index contributed by atoms with van der Waals surface area (Å²) in [6.07, 6.45) is -0.695. The number of anilines is 1. The number of amides is 1. The molecule has 0 saturated heterocycles. The molecule has 0 radical (unpaired) electrons. The van der Waals surface area contributed by atoms with E-state index in [1.54, 1.807) is 31.2 Å². The number of nitrogens with zero attached hydrogens (tertiary/aromatic N) is 1. The summed E-state index contributed by atoms with van der Waals surface area (Å²) in [6, 6.07) is 20.6. The minimum absolute atomic E-state index is 0.307. The number of hydrogen-bond acceptors (Lipinski definition) is 3. The minimum atomic E-state index is -0.695. The van der Waals surface area contributed by atoms with Crippen molar-refractivity contribution in [2.24, 2.45) is 0 Å². The number of fused-ring (bicyclic) bond motifs is 1. The zero-order chi connectivity index (χ0) is 17.8. The second-order valence-electron chi connectivity index (χ2n) is 5.56. The van der Waals surface area contributed by atoms with E-state index in [0.29, 0.717) is 17.0 Å². The van der Waals surface area contributed by atoms with Crippen LogP contribution in [0.2, 0.25) is 0 Å². The summed E-state index contributed by atoms with van der Waals surface area (Å²) < 4.78 is 6.77. The number of nitrogens with one attached hydrogen (secondary N) is 1. The summed E-state index contributed by atoms with van der Waals surface area (Å²) in [4.78, 5) is 12.3. The lowest BCUT2D eigenvalue weighted by Gasteiger charge is -2.15. The van der Waals surface area contributed by atoms with Crippen LogP contribution in [0.25, 0.3) is 10.8 Å². The molecule has 0 aliphatic carbocycles. The first kappa shape index (κ1) is 17.0. The predicted octanol–water partition coefficient (Wildman–Crippen LogP) is 4.88. The summed E-state index contributed by atoms with van der Waals surface area (Å²) in [6.45, 7) is 1.68. The van der Waals surface area contributed by atoms with Gasteiger partial charge in [0.15, 0.2) is 6.10 Å². The van der Waals surface area contributed by atoms with Gasteiger partial charge in [-0.3, -0.25) is 4.79 Å². The molecule has 0 unspecified atom stereocenters. The van der Waals surface area contributed by atoms with E-state index in [-0.39, 0.29) is 5.91 Å². The highest BCUT2D eigenvalue weighted by atomic mass is 79.9. The topological polar surface area (TPSA) is 62.1 Å². The van der Waals surface area contributed by atoms with E-state index in [1.807, 2.05) is 36.4 Å². The van der Waals surface area contributed by atoms with Crippen LogP contribution in [0.4, 0.5) is 5.69 Å². The van der Waals surface area contributed by atoms with Crippen LogP contribution in [0, 0.1) is 11.3 Å². The number of para-hydroxylation sites is 1. The molecule has 0 bridgehead atoms. The third-order valence-electron chi connectivity index (χ3n) is 3.76. The molecule has 3 rings (SSSR count). The molecule has 3 aromatic rings. The van der Waals surface area contributed by atoms with Gasteiger partial charge in [0.25, 0.3) is 5.91 Å². The van der Waals surface area contributed by atoms with E-state index in [4.69, 9.17) is 10.00 Å². The van der Waals surface area contributed by atoms with Crippen LogP contribution in [0.1, 0.15) is 12.5 Å². The average molecular weight is 395 g/mol. The molecule has 0 aromatic heterocycles. The highest BCUT2D eigenvalue weighted by Crippen LogP contribution is 2.25. The largest absolute Gasteiger partial charge is 0.481 e. The third-order valence-corrected chi connectivity index (χ3v) is 4.25. The molecule has 0 saturated carbocycles. The van der Waals surface area contributed by atoms with Crippen molar-refractivity contribution in [3.8, 4) is 11.8 Å². The van der Waals surface area contributed by atoms with Crippen LogP contribution in [0.15, 0.2) is 65.1 Å². The van der Waals surface area contributed by atoms with Crippen molar-refractivity contribution in [3.63, 3.8) is 0 Å². The van der Waals surface area contributed by atoms with Crippen LogP contribution < -0.4 is 10.1 Å². The van der Waals surface area contributed by atoms with Crippen molar-refractivity contribution in [2.75, 3.05) is 5.32 Å². The van der Waals surface area contributed by atoms with Crippen molar-refractivity contribution < 1.29 is 9.53 Å². The van der Waals surface area contributed by atoms with Gasteiger partial charge in [-0.05, 0) is 54.1 Å². The Bertz CT molecular complexity index is 979. The zero-order valence-electron chi connectivity index (χ0n) is 13.5. The maximum absolute atomic E-state index is 12.3. The molecule has 0 aliphatic heterocycles. The van der Waals surface area contributed by atoms with Gasteiger partial charge in [-0.15, -0.1) is 0 Å². The monoisotopic (exact) mass is 394 g/mol. The van der Waals surface area contributed by atoms with Crippen LogP contribution >= 0.6 is 15.9 Å². The van der Waals surface area contributed by atoms with E-state index < -0.39 is 6.10 Å². The number of ether oxygens (including phenoxy) is 1. The number of rotatable bonds is 4. The summed E-state index contributed by atoms with van der Waals surface area (Å²) in [7, 11) is 0. The van der Waals surface area contributed by atoms with Crippen molar-refractivity contribution >= 4 is 38.3 Å². The lowest BCUT2D eigenvalue weighted by atomic mass is 10.1. The zero-order valence-corrected chi connectivity index (χ0v) is 15.1. The third kappa shape index (κ3) is 3.98. The fourth-order valence-corrected chi connectivity index (χ4v) is 2.83. The highest BCUT2D eigenvalue weighted by Gasteiger charge is 2.16. The Balaban J connectivity index is 1.73. The molecule has 4 nitrogen and oxygen atoms in total. The Morgan fingerprint density at radius 2 is 1.84 bits per heavy atom. The van der Waals surface area contributed by atoms with Gasteiger partial charge in [0.1, 0.15) is 11.8 Å². The molecular formula is C20H15BrN2O2. The maximum atomic E-state index is 12.3. The van der Waals surface area contributed by atoms with Gasteiger partial charge >= 0.3 is 0 Å². The average Bonchev–Trinajstić information content (AvgIpc) is 2.62. The summed E-state index contributed by atoms with van der Waals surface area (Å²) in [5.41, 5.74) is 0.896. The molecule has 1 atom stereocenters. The number of benzene rings is 3. The van der Waals surface area contributed by atoms with Crippen LogP contribution in [-0.2, 0) is 4.79 Å². The molecule has 0 fully saturated rings. The normalized spacial score (nSPS) is 11.6. The van der Waals surface area contributed by atoms with Crippen molar-refractivity contribution in [1.29, 1.82) is 5.26 Å². The molecule has 124 valence electrons. The van der Waals surface area contributed by atoms with Gasteiger partial charge < -0.3 is 10.1 Å². The van der Waals surface area contributed by atoms with Gasteiger partial charge in [0.05, 0.1) is 11.3 Å². The van der Waals surface area contributed by atoms with E-state index in [0.717, 1.165) is 15.2 Å². The number of carbonyl (C=O) groups is 1. The first-order valence-corrected chi connectivity index (χ1v) is 8.52. The molecule has 1 amide bonds. The minimum Gasteiger partial charge on any atom is -0.481 e. The van der Waals surface area contributed by atoms with Gasteiger partial charge in [-0.2, -0.15) is 5.26 Å². The van der Waals surface area contributed by atoms with Crippen LogP contribution in [0.3, 0.4) is 0 Å². The fourth-order valence-electron chi connectivity index (χ4n) is 2.45. The van der Waals surface area contributed by atoms with Crippen molar-refractivity contribution in [1.82, 2.24) is 0 Å². The number of halogens is 1. The standard InChI is InChI=1S/C20H15BrN2O2/c1-13(20(24)23-19-5-3-2-4-16(19)12-22)25-18-9-7-14-10-17(21)8-6-15(14)11-18/h2-11,13H,1H3,(H,23,24)/t13-/m1/s1. The first-order valence-electron chi connectivity index (χ1n) is 7.73. The Hall–Kier alpha value is -2.84. The lowest BCUT2D eigenvalue weighted by molar-refractivity contribution is -0.122. The van der Waals surface area contributed by atoms with Crippen molar-refractivity contribution in [3.05, 3.63) is 70.7 Å². The Kier molecular flexibility index (Phi) is 5.01. The number of nitriles is 1. The number of hydrogen-bond donors (Lipinski definition) is 1. The van der Waals surface area contributed by atoms with Gasteiger partial charge in [0.2, 0.25) is 0 Å². The van der Waals surface area contributed by atoms with Gasteiger partial charge in [-0.25, -0.2) is 0 Å². The van der Waals surface area contributed by atoms with Gasteiger partial charge in [-0.1, -0.05) is 40.2 Å². The Morgan fingerprint density at radius 3 is 2.64 bits per heavy atom. The molecule has 3 aromatic carbocycles. The molecule has 0 spiro atoms. The van der Waals surface area contributed by atoms with E-state index in [9.17, 15) is 4.79 Å². The highest BCUT2D eigenvalue weighted by molar-refractivity contribution is 9.10. The molecule has 0 aliphatic rings. The summed E-state index contributed by atoms with van der Waals surface area (Å²) in [5.74, 6) is 0.310. The lowest BCUT2D eigenvalue weighted by Crippen LogP contribution is -2.30. The molecule has 0 heterocycles. The fraction of sp³-hybridized carbons (Fsp3) is 0.100. The summed E-state index contributed by atoms with van der Waals surface area (Å²) in [5, 5.41) is 13.9. The number of carbonyl (C=O) groups excluding carboxylic acids is 1.